The molecule has 0 unspecified atom stereocenters. The van der Waals surface area contributed by atoms with Crippen LogP contribution in [0.25, 0.3) is 5.65 Å². The van der Waals surface area contributed by atoms with E-state index in [1.165, 1.54) is 11.8 Å². The number of nitrogens with zero attached hydrogens (tertiary/aromatic N) is 2. The fourth-order valence-corrected chi connectivity index (χ4v) is 2.44. The number of H-pyrrole nitrogens is 1. The van der Waals surface area contributed by atoms with E-state index in [-0.39, 0.29) is 12.0 Å². The first-order chi connectivity index (χ1) is 10.4. The lowest BCUT2D eigenvalue weighted by Gasteiger charge is -2.13. The van der Waals surface area contributed by atoms with Crippen LogP contribution in [0.4, 0.5) is 0 Å². The van der Waals surface area contributed by atoms with Gasteiger partial charge in [0.1, 0.15) is 11.6 Å². The Morgan fingerprint density at radius 3 is 2.91 bits per heavy atom. The number of carboxylic acids is 1. The third kappa shape index (κ3) is 3.30. The lowest BCUT2D eigenvalue weighted by atomic mass is 10.2. The topological polar surface area (TPSA) is 117 Å². The summed E-state index contributed by atoms with van der Waals surface area (Å²) >= 11 is 1.48. The molecule has 0 radical (unpaired) electrons. The molecule has 2 aromatic heterocycles. The van der Waals surface area contributed by atoms with Gasteiger partial charge < -0.3 is 10.4 Å². The van der Waals surface area contributed by atoms with Gasteiger partial charge >= 0.3 is 5.97 Å². The van der Waals surface area contributed by atoms with Crippen LogP contribution in [-0.2, 0) is 4.79 Å². The van der Waals surface area contributed by atoms with Crippen molar-refractivity contribution in [2.24, 2.45) is 0 Å². The molecule has 0 aliphatic rings. The predicted octanol–water partition coefficient (Wildman–Crippen LogP) is 0.267. The van der Waals surface area contributed by atoms with Gasteiger partial charge in [-0.3, -0.25) is 14.7 Å². The van der Waals surface area contributed by atoms with Crippen molar-refractivity contribution in [1.82, 2.24) is 19.9 Å². The Kier molecular flexibility index (Phi) is 4.86. The molecule has 0 aromatic carbocycles. The van der Waals surface area contributed by atoms with Gasteiger partial charge in [-0.2, -0.15) is 11.8 Å². The van der Waals surface area contributed by atoms with Gasteiger partial charge in [-0.25, -0.2) is 14.3 Å². The second-order valence-electron chi connectivity index (χ2n) is 4.76. The molecular weight excluding hydrogens is 308 g/mol. The zero-order chi connectivity index (χ0) is 16.3. The Morgan fingerprint density at radius 1 is 1.55 bits per heavy atom. The quantitative estimate of drug-likeness (QED) is 0.702. The Labute approximate surface area is 129 Å². The number of carbonyl (C=O) groups excluding carboxylic acids is 1. The van der Waals surface area contributed by atoms with Crippen molar-refractivity contribution < 1.29 is 14.7 Å². The maximum absolute atomic E-state index is 12.2. The van der Waals surface area contributed by atoms with Gasteiger partial charge in [0.25, 0.3) is 11.5 Å². The van der Waals surface area contributed by atoms with Crippen LogP contribution in [0.15, 0.2) is 17.1 Å². The third-order valence-electron chi connectivity index (χ3n) is 3.08. The SMILES string of the molecule is CSCC[C@H](NC(=O)c1cnc2cc(C)[nH]n2c1=O)C(=O)O. The average Bonchev–Trinajstić information content (AvgIpc) is 2.84. The first-order valence-electron chi connectivity index (χ1n) is 6.54. The van der Waals surface area contributed by atoms with Crippen LogP contribution < -0.4 is 10.9 Å². The van der Waals surface area contributed by atoms with Gasteiger partial charge in [0.2, 0.25) is 0 Å². The molecule has 0 saturated heterocycles. The van der Waals surface area contributed by atoms with E-state index < -0.39 is 23.5 Å². The Bertz CT molecular complexity index is 767. The summed E-state index contributed by atoms with van der Waals surface area (Å²) in [7, 11) is 0. The molecule has 0 spiro atoms. The minimum absolute atomic E-state index is 0.199. The molecule has 9 heteroatoms. The molecule has 2 rings (SSSR count). The molecule has 1 atom stereocenters. The largest absolute Gasteiger partial charge is 0.480 e. The number of rotatable bonds is 6. The Hall–Kier alpha value is -2.29. The molecule has 8 nitrogen and oxygen atoms in total. The summed E-state index contributed by atoms with van der Waals surface area (Å²) in [6, 6.07) is 0.632. The van der Waals surface area contributed by atoms with Crippen molar-refractivity contribution in [1.29, 1.82) is 0 Å². The molecule has 0 aliphatic carbocycles. The van der Waals surface area contributed by atoms with E-state index in [4.69, 9.17) is 5.11 Å². The molecular formula is C13H16N4O4S. The second-order valence-corrected chi connectivity index (χ2v) is 5.74. The summed E-state index contributed by atoms with van der Waals surface area (Å²) in [6.07, 6.45) is 3.28. The van der Waals surface area contributed by atoms with Gasteiger partial charge in [-0.15, -0.1) is 0 Å². The van der Waals surface area contributed by atoms with Crippen LogP contribution in [0.3, 0.4) is 0 Å². The highest BCUT2D eigenvalue weighted by Gasteiger charge is 2.22. The van der Waals surface area contributed by atoms with Gasteiger partial charge in [0.15, 0.2) is 5.65 Å². The fourth-order valence-electron chi connectivity index (χ4n) is 1.97. The zero-order valence-corrected chi connectivity index (χ0v) is 12.9. The van der Waals surface area contributed by atoms with Crippen molar-refractivity contribution in [2.45, 2.75) is 19.4 Å². The highest BCUT2D eigenvalue weighted by atomic mass is 32.2. The van der Waals surface area contributed by atoms with E-state index in [2.05, 4.69) is 15.4 Å². The number of fused-ring (bicyclic) bond motifs is 1. The molecule has 0 fully saturated rings. The minimum atomic E-state index is -1.13. The summed E-state index contributed by atoms with van der Waals surface area (Å²) in [6.45, 7) is 1.76. The van der Waals surface area contributed by atoms with Crippen molar-refractivity contribution in [3.8, 4) is 0 Å². The molecule has 0 bridgehead atoms. The maximum atomic E-state index is 12.2. The zero-order valence-electron chi connectivity index (χ0n) is 12.1. The summed E-state index contributed by atoms with van der Waals surface area (Å²) in [5, 5.41) is 14.2. The highest BCUT2D eigenvalue weighted by molar-refractivity contribution is 7.98. The molecule has 0 saturated carbocycles. The molecule has 118 valence electrons. The summed E-state index contributed by atoms with van der Waals surface area (Å²) < 4.78 is 1.15. The number of nitrogens with one attached hydrogen (secondary N) is 2. The molecule has 3 N–H and O–H groups in total. The van der Waals surface area contributed by atoms with E-state index in [1.807, 2.05) is 6.26 Å². The fraction of sp³-hybridized carbons (Fsp3) is 0.385. The molecule has 22 heavy (non-hydrogen) atoms. The number of hydrogen-bond acceptors (Lipinski definition) is 5. The number of aliphatic carboxylic acids is 1. The Balaban J connectivity index is 2.27. The van der Waals surface area contributed by atoms with Crippen molar-refractivity contribution >= 4 is 29.3 Å². The van der Waals surface area contributed by atoms with Gasteiger partial charge in [-0.05, 0) is 25.4 Å². The number of carbonyl (C=O) groups is 2. The van der Waals surface area contributed by atoms with E-state index in [9.17, 15) is 14.4 Å². The van der Waals surface area contributed by atoms with Crippen LogP contribution in [0, 0.1) is 6.92 Å². The van der Waals surface area contributed by atoms with Crippen molar-refractivity contribution in [3.63, 3.8) is 0 Å². The number of amides is 1. The summed E-state index contributed by atoms with van der Waals surface area (Å²) in [5.74, 6) is -1.29. The van der Waals surface area contributed by atoms with Gasteiger partial charge in [0.05, 0.1) is 0 Å². The monoisotopic (exact) mass is 324 g/mol. The molecule has 2 heterocycles. The van der Waals surface area contributed by atoms with Crippen LogP contribution >= 0.6 is 11.8 Å². The number of hydrogen-bond donors (Lipinski definition) is 3. The van der Waals surface area contributed by atoms with Crippen LogP contribution in [0.5, 0.6) is 0 Å². The highest BCUT2D eigenvalue weighted by Crippen LogP contribution is 2.04. The number of aryl methyl sites for hydroxylation is 1. The van der Waals surface area contributed by atoms with E-state index in [1.54, 1.807) is 13.0 Å². The minimum Gasteiger partial charge on any atom is -0.480 e. The molecule has 1 amide bonds. The average molecular weight is 324 g/mol. The third-order valence-corrected chi connectivity index (χ3v) is 3.72. The van der Waals surface area contributed by atoms with Crippen molar-refractivity contribution in [3.05, 3.63) is 33.9 Å². The predicted molar refractivity (Wildman–Crippen MR) is 82.4 cm³/mol. The van der Waals surface area contributed by atoms with E-state index >= 15 is 0 Å². The first kappa shape index (κ1) is 16.1. The molecule has 0 aliphatic heterocycles. The maximum Gasteiger partial charge on any atom is 0.326 e. The molecule has 2 aromatic rings. The lowest BCUT2D eigenvalue weighted by Crippen LogP contribution is -2.43. The first-order valence-corrected chi connectivity index (χ1v) is 7.93. The van der Waals surface area contributed by atoms with E-state index in [0.29, 0.717) is 11.4 Å². The smallest absolute Gasteiger partial charge is 0.326 e. The van der Waals surface area contributed by atoms with E-state index in [0.717, 1.165) is 16.4 Å². The summed E-state index contributed by atoms with van der Waals surface area (Å²) in [5.41, 5.74) is 0.362. The van der Waals surface area contributed by atoms with Crippen molar-refractivity contribution in [2.75, 3.05) is 12.0 Å². The lowest BCUT2D eigenvalue weighted by molar-refractivity contribution is -0.139. The summed E-state index contributed by atoms with van der Waals surface area (Å²) in [4.78, 5) is 39.5. The van der Waals surface area contributed by atoms with Crippen LogP contribution in [0.2, 0.25) is 0 Å². The van der Waals surface area contributed by atoms with Crippen LogP contribution in [-0.4, -0.2) is 49.6 Å². The Morgan fingerprint density at radius 2 is 2.27 bits per heavy atom. The normalized spacial score (nSPS) is 12.3. The standard InChI is InChI=1S/C13H16N4O4S/c1-7-5-10-14-6-8(12(19)17(10)16-7)11(18)15-9(13(20)21)3-4-22-2/h5-6,9,16H,3-4H2,1-2H3,(H,15,18)(H,20,21)/t9-/m0/s1. The number of aromatic nitrogens is 3. The number of aromatic amines is 1. The van der Waals surface area contributed by atoms with Gasteiger partial charge in [-0.1, -0.05) is 0 Å². The second kappa shape index (κ2) is 6.65. The number of carboxylic acid groups (broad SMARTS) is 1. The number of thioether (sulfide) groups is 1. The van der Waals surface area contributed by atoms with Gasteiger partial charge in [0, 0.05) is 18.0 Å². The van der Waals surface area contributed by atoms with Crippen LogP contribution in [0.1, 0.15) is 22.5 Å².